The van der Waals surface area contributed by atoms with Gasteiger partial charge in [0, 0.05) is 21.2 Å². The van der Waals surface area contributed by atoms with E-state index < -0.39 is 29.5 Å². The SMILES string of the molecule is O=C(Cn1[nH]c(=O)c2ccccc2c1=O)NNC(=O)c1ccc(CSc2ccc(Cl)cc2)cc1. The molecule has 1 heterocycles. The van der Waals surface area contributed by atoms with E-state index in [1.54, 1.807) is 36.0 Å². The van der Waals surface area contributed by atoms with Gasteiger partial charge in [0.1, 0.15) is 6.54 Å². The lowest BCUT2D eigenvalue weighted by atomic mass is 10.1. The van der Waals surface area contributed by atoms with E-state index >= 15 is 0 Å². The molecule has 172 valence electrons. The van der Waals surface area contributed by atoms with Crippen LogP contribution in [0.5, 0.6) is 0 Å². The number of hydrazine groups is 1. The molecule has 0 aliphatic rings. The van der Waals surface area contributed by atoms with Crippen molar-refractivity contribution in [2.24, 2.45) is 0 Å². The first-order valence-corrected chi connectivity index (χ1v) is 11.6. The lowest BCUT2D eigenvalue weighted by Crippen LogP contribution is -2.45. The summed E-state index contributed by atoms with van der Waals surface area (Å²) in [7, 11) is 0. The number of rotatable bonds is 6. The molecule has 0 radical (unpaired) electrons. The van der Waals surface area contributed by atoms with Gasteiger partial charge in [-0.3, -0.25) is 35.1 Å². The normalized spacial score (nSPS) is 10.7. The van der Waals surface area contributed by atoms with Gasteiger partial charge in [-0.1, -0.05) is 35.9 Å². The smallest absolute Gasteiger partial charge is 0.271 e. The van der Waals surface area contributed by atoms with Crippen LogP contribution in [0.4, 0.5) is 0 Å². The largest absolute Gasteiger partial charge is 0.273 e. The van der Waals surface area contributed by atoms with Crippen molar-refractivity contribution in [3.05, 3.63) is 110 Å². The minimum Gasteiger partial charge on any atom is -0.271 e. The van der Waals surface area contributed by atoms with E-state index in [-0.39, 0.29) is 10.8 Å². The van der Waals surface area contributed by atoms with Crippen molar-refractivity contribution in [2.45, 2.75) is 17.2 Å². The molecule has 0 saturated carbocycles. The van der Waals surface area contributed by atoms with Crippen LogP contribution in [0, 0.1) is 0 Å². The van der Waals surface area contributed by atoms with Crippen LogP contribution in [0.25, 0.3) is 10.8 Å². The van der Waals surface area contributed by atoms with E-state index in [1.807, 2.05) is 36.4 Å². The van der Waals surface area contributed by atoms with E-state index in [2.05, 4.69) is 16.0 Å². The molecule has 0 fully saturated rings. The monoisotopic (exact) mass is 494 g/mol. The lowest BCUT2D eigenvalue weighted by molar-refractivity contribution is -0.122. The minimum atomic E-state index is -0.669. The van der Waals surface area contributed by atoms with Gasteiger partial charge in [0.05, 0.1) is 10.8 Å². The van der Waals surface area contributed by atoms with Crippen molar-refractivity contribution in [2.75, 3.05) is 0 Å². The number of hydrogen-bond acceptors (Lipinski definition) is 5. The topological polar surface area (TPSA) is 113 Å². The van der Waals surface area contributed by atoms with Gasteiger partial charge in [-0.05, 0) is 54.1 Å². The van der Waals surface area contributed by atoms with Crippen LogP contribution in [0.3, 0.4) is 0 Å². The molecule has 0 aliphatic carbocycles. The van der Waals surface area contributed by atoms with Gasteiger partial charge in [0.15, 0.2) is 0 Å². The number of benzene rings is 3. The molecule has 0 spiro atoms. The van der Waals surface area contributed by atoms with Crippen LogP contribution >= 0.6 is 23.4 Å². The fourth-order valence-corrected chi connectivity index (χ4v) is 4.17. The molecule has 0 unspecified atom stereocenters. The highest BCUT2D eigenvalue weighted by molar-refractivity contribution is 7.98. The van der Waals surface area contributed by atoms with Gasteiger partial charge in [-0.15, -0.1) is 11.8 Å². The first kappa shape index (κ1) is 23.3. The second-order valence-corrected chi connectivity index (χ2v) is 8.80. The number of nitrogens with zero attached hydrogens (tertiary/aromatic N) is 1. The van der Waals surface area contributed by atoms with E-state index in [0.29, 0.717) is 10.6 Å². The summed E-state index contributed by atoms with van der Waals surface area (Å²) in [5.41, 5.74) is 4.95. The van der Waals surface area contributed by atoms with Crippen molar-refractivity contribution < 1.29 is 9.59 Å². The lowest BCUT2D eigenvalue weighted by Gasteiger charge is -2.10. The quantitative estimate of drug-likeness (QED) is 0.281. The predicted octanol–water partition coefficient (Wildman–Crippen LogP) is 3.10. The number of thioether (sulfide) groups is 1. The summed E-state index contributed by atoms with van der Waals surface area (Å²) in [6.45, 7) is -0.458. The van der Waals surface area contributed by atoms with Crippen LogP contribution in [0.15, 0.2) is 87.3 Å². The number of hydrogen-bond donors (Lipinski definition) is 3. The summed E-state index contributed by atoms with van der Waals surface area (Å²) >= 11 is 7.54. The molecule has 4 rings (SSSR count). The zero-order chi connectivity index (χ0) is 24.1. The van der Waals surface area contributed by atoms with Crippen LogP contribution in [0.1, 0.15) is 15.9 Å². The van der Waals surface area contributed by atoms with Crippen LogP contribution < -0.4 is 22.0 Å². The third-order valence-corrected chi connectivity index (χ3v) is 6.27. The molecule has 0 bridgehead atoms. The highest BCUT2D eigenvalue weighted by Gasteiger charge is 2.12. The summed E-state index contributed by atoms with van der Waals surface area (Å²) in [4.78, 5) is 50.3. The Morgan fingerprint density at radius 2 is 1.56 bits per heavy atom. The zero-order valence-electron chi connectivity index (χ0n) is 17.7. The summed E-state index contributed by atoms with van der Waals surface area (Å²) in [5, 5.41) is 3.50. The highest BCUT2D eigenvalue weighted by Crippen LogP contribution is 2.24. The fourth-order valence-electron chi connectivity index (χ4n) is 3.19. The van der Waals surface area contributed by atoms with Gasteiger partial charge in [0.25, 0.3) is 22.9 Å². The molecule has 34 heavy (non-hydrogen) atoms. The third kappa shape index (κ3) is 5.56. The Balaban J connectivity index is 1.32. The highest BCUT2D eigenvalue weighted by atomic mass is 35.5. The molecule has 1 aromatic heterocycles. The molecule has 10 heteroatoms. The number of carbonyl (C=O) groups excluding carboxylic acids is 2. The number of nitrogens with one attached hydrogen (secondary N) is 3. The number of aromatic nitrogens is 2. The summed E-state index contributed by atoms with van der Waals surface area (Å²) < 4.78 is 0.902. The summed E-state index contributed by atoms with van der Waals surface area (Å²) in [6.07, 6.45) is 0. The Labute approximate surface area is 202 Å². The van der Waals surface area contributed by atoms with E-state index in [9.17, 15) is 19.2 Å². The van der Waals surface area contributed by atoms with Crippen molar-refractivity contribution in [1.29, 1.82) is 0 Å². The number of amides is 2. The molecule has 0 saturated heterocycles. The number of aromatic amines is 1. The third-order valence-electron chi connectivity index (χ3n) is 4.94. The molecular formula is C24H19ClN4O4S. The number of fused-ring (bicyclic) bond motifs is 1. The Bertz CT molecular complexity index is 1460. The van der Waals surface area contributed by atoms with Gasteiger partial charge >= 0.3 is 0 Å². The second-order valence-electron chi connectivity index (χ2n) is 7.32. The molecule has 3 aromatic carbocycles. The zero-order valence-corrected chi connectivity index (χ0v) is 19.3. The molecule has 0 aliphatic heterocycles. The van der Waals surface area contributed by atoms with Crippen molar-refractivity contribution in [3.63, 3.8) is 0 Å². The van der Waals surface area contributed by atoms with Gasteiger partial charge in [-0.2, -0.15) is 0 Å². The fraction of sp³-hybridized carbons (Fsp3) is 0.0833. The maximum Gasteiger partial charge on any atom is 0.273 e. The van der Waals surface area contributed by atoms with E-state index in [0.717, 1.165) is 20.9 Å². The Morgan fingerprint density at radius 3 is 2.26 bits per heavy atom. The van der Waals surface area contributed by atoms with E-state index in [1.165, 1.54) is 12.1 Å². The van der Waals surface area contributed by atoms with Crippen molar-refractivity contribution in [3.8, 4) is 0 Å². The number of halogens is 1. The first-order chi connectivity index (χ1) is 16.4. The first-order valence-electron chi connectivity index (χ1n) is 10.2. The van der Waals surface area contributed by atoms with Gasteiger partial charge < -0.3 is 0 Å². The Morgan fingerprint density at radius 1 is 0.882 bits per heavy atom. The number of carbonyl (C=O) groups is 2. The van der Waals surface area contributed by atoms with Crippen LogP contribution in [-0.2, 0) is 17.1 Å². The predicted molar refractivity (Wildman–Crippen MR) is 132 cm³/mol. The van der Waals surface area contributed by atoms with E-state index in [4.69, 9.17) is 11.6 Å². The Hall–Kier alpha value is -3.82. The molecule has 2 amide bonds. The molecule has 4 aromatic rings. The van der Waals surface area contributed by atoms with Crippen LogP contribution in [0.2, 0.25) is 5.02 Å². The maximum absolute atomic E-state index is 12.5. The Kier molecular flexibility index (Phi) is 7.15. The van der Waals surface area contributed by atoms with Crippen molar-refractivity contribution >= 4 is 45.9 Å². The molecule has 0 atom stereocenters. The average Bonchev–Trinajstić information content (AvgIpc) is 2.85. The second kappa shape index (κ2) is 10.4. The van der Waals surface area contributed by atoms with Gasteiger partial charge in [0.2, 0.25) is 0 Å². The summed E-state index contributed by atoms with van der Waals surface area (Å²) in [5.74, 6) is -0.458. The molecular weight excluding hydrogens is 476 g/mol. The number of H-pyrrole nitrogens is 1. The molecule has 8 nitrogen and oxygen atoms in total. The average molecular weight is 495 g/mol. The summed E-state index contributed by atoms with van der Waals surface area (Å²) in [6, 6.07) is 20.9. The van der Waals surface area contributed by atoms with Crippen molar-refractivity contribution in [1.82, 2.24) is 20.6 Å². The maximum atomic E-state index is 12.5. The van der Waals surface area contributed by atoms with Crippen LogP contribution in [-0.4, -0.2) is 21.6 Å². The van der Waals surface area contributed by atoms with Gasteiger partial charge in [-0.25, -0.2) is 4.68 Å². The molecule has 3 N–H and O–H groups in total. The minimum absolute atomic E-state index is 0.206. The standard InChI is InChI=1S/C24H19ClN4O4S/c25-17-9-11-18(12-10-17)34-14-15-5-7-16(8-6-15)22(31)27-26-21(30)13-29-24(33)20-4-2-1-3-19(20)23(32)28-29/h1-12H,13-14H2,(H,26,30)(H,27,31)(H,28,32).